The second kappa shape index (κ2) is 12.0. The van der Waals surface area contributed by atoms with Crippen LogP contribution in [-0.2, 0) is 36.5 Å². The Bertz CT molecular complexity index is 2870. The fourth-order valence-corrected chi connectivity index (χ4v) is 10.8. The minimum absolute atomic E-state index is 0.102. The molecule has 8 aromatic rings. The Balaban J connectivity index is 1.07. The Hall–Kier alpha value is -6.44. The van der Waals surface area contributed by atoms with E-state index in [1.165, 1.54) is 108 Å². The van der Waals surface area contributed by atoms with E-state index in [2.05, 4.69) is 195 Å². The van der Waals surface area contributed by atoms with E-state index in [1.54, 1.807) is 0 Å². The number of anilines is 3. The van der Waals surface area contributed by atoms with E-state index in [4.69, 9.17) is 0 Å². The topological polar surface area (TPSA) is 3.24 Å². The second-order valence-electron chi connectivity index (χ2n) is 17.1. The van der Waals surface area contributed by atoms with E-state index in [9.17, 15) is 0 Å². The van der Waals surface area contributed by atoms with E-state index >= 15 is 0 Å². The molecule has 272 valence electrons. The summed E-state index contributed by atoms with van der Waals surface area (Å²) >= 11 is 0. The zero-order chi connectivity index (χ0) is 37.9. The highest BCUT2D eigenvalue weighted by Gasteiger charge is 2.47. The van der Waals surface area contributed by atoms with Crippen LogP contribution in [0.25, 0.3) is 33.4 Å². The summed E-state index contributed by atoms with van der Waals surface area (Å²) in [5.41, 5.74) is 25.0. The first kappa shape index (κ1) is 32.8. The van der Waals surface area contributed by atoms with Gasteiger partial charge in [-0.2, -0.15) is 0 Å². The number of hydrogen-bond acceptors (Lipinski definition) is 1. The molecule has 0 aromatic heterocycles. The molecule has 57 heavy (non-hydrogen) atoms. The van der Waals surface area contributed by atoms with Gasteiger partial charge in [-0.15, -0.1) is 0 Å². The van der Waals surface area contributed by atoms with Crippen LogP contribution in [0.1, 0.15) is 69.5 Å². The minimum atomic E-state index is -0.398. The van der Waals surface area contributed by atoms with Gasteiger partial charge in [0.05, 0.1) is 5.41 Å². The van der Waals surface area contributed by atoms with E-state index < -0.39 is 5.41 Å². The lowest BCUT2D eigenvalue weighted by Crippen LogP contribution is -2.30. The predicted molar refractivity (Wildman–Crippen MR) is 236 cm³/mol. The molecule has 0 fully saturated rings. The first-order valence-electron chi connectivity index (χ1n) is 20.7. The molecule has 4 aliphatic carbocycles. The van der Waals surface area contributed by atoms with Gasteiger partial charge in [0.2, 0.25) is 0 Å². The predicted octanol–water partition coefficient (Wildman–Crippen LogP) is 13.7. The standard InChI is InChI=1S/C56H43N/c1-55(2)51-14-8-6-12-47(51)49-30-28-46(35-54(49)55)57(44-26-22-37(23-27-44)36-10-4-3-5-11-36)45-29-31-53-50(34-45)48-13-7-9-15-52(48)56(53,42-24-20-38-16-18-40(38)32-42)43-25-21-39-17-19-41(39)33-43/h3-15,20-35H,16-19H2,1-2H3. The van der Waals surface area contributed by atoms with Crippen LogP contribution in [-0.4, -0.2) is 0 Å². The Morgan fingerprint density at radius 3 is 1.51 bits per heavy atom. The highest BCUT2D eigenvalue weighted by molar-refractivity contribution is 5.91. The lowest BCUT2D eigenvalue weighted by Gasteiger charge is -2.37. The van der Waals surface area contributed by atoms with E-state index in [1.807, 2.05) is 0 Å². The van der Waals surface area contributed by atoms with Crippen molar-refractivity contribution in [3.05, 3.63) is 232 Å². The van der Waals surface area contributed by atoms with Crippen LogP contribution >= 0.6 is 0 Å². The summed E-state index contributed by atoms with van der Waals surface area (Å²) < 4.78 is 0. The van der Waals surface area contributed by atoms with Crippen LogP contribution in [0, 0.1) is 0 Å². The van der Waals surface area contributed by atoms with Gasteiger partial charge >= 0.3 is 0 Å². The molecule has 0 spiro atoms. The van der Waals surface area contributed by atoms with Crippen molar-refractivity contribution in [2.24, 2.45) is 0 Å². The number of rotatable bonds is 6. The van der Waals surface area contributed by atoms with E-state index in [0.717, 1.165) is 24.2 Å². The summed E-state index contributed by atoms with van der Waals surface area (Å²) in [6.07, 6.45) is 4.70. The third-order valence-electron chi connectivity index (χ3n) is 14.0. The summed E-state index contributed by atoms with van der Waals surface area (Å²) in [7, 11) is 0. The van der Waals surface area contributed by atoms with Crippen molar-refractivity contribution in [1.82, 2.24) is 0 Å². The van der Waals surface area contributed by atoms with Crippen molar-refractivity contribution in [2.75, 3.05) is 4.90 Å². The number of benzene rings is 8. The lowest BCUT2D eigenvalue weighted by molar-refractivity contribution is 0.660. The number of hydrogen-bond donors (Lipinski definition) is 0. The van der Waals surface area contributed by atoms with E-state index in [0.29, 0.717) is 0 Å². The molecule has 0 N–H and O–H groups in total. The maximum Gasteiger partial charge on any atom is 0.0713 e. The largest absolute Gasteiger partial charge is 0.310 e. The molecule has 0 heterocycles. The SMILES string of the molecule is CC1(C)c2ccccc2-c2ccc(N(c3ccc(-c4ccccc4)cc3)c3ccc4c(c3)-c3ccccc3C4(c3ccc4c(c3)CC4)c3ccc4c(c3)CC4)cc21. The maximum atomic E-state index is 2.53. The second-order valence-corrected chi connectivity index (χ2v) is 17.1. The molecule has 0 aliphatic heterocycles. The molecule has 0 saturated heterocycles. The monoisotopic (exact) mass is 729 g/mol. The fraction of sp³-hybridized carbons (Fsp3) is 0.143. The quantitative estimate of drug-likeness (QED) is 0.165. The zero-order valence-electron chi connectivity index (χ0n) is 32.5. The summed E-state index contributed by atoms with van der Waals surface area (Å²) in [5, 5.41) is 0. The zero-order valence-corrected chi connectivity index (χ0v) is 32.5. The van der Waals surface area contributed by atoms with Crippen molar-refractivity contribution in [2.45, 2.75) is 50.4 Å². The normalized spacial score (nSPS) is 15.5. The van der Waals surface area contributed by atoms with E-state index in [-0.39, 0.29) is 5.41 Å². The number of fused-ring (bicyclic) bond motifs is 8. The molecule has 4 aliphatic rings. The van der Waals surface area contributed by atoms with Crippen LogP contribution in [0.4, 0.5) is 17.1 Å². The van der Waals surface area contributed by atoms with Gasteiger partial charge in [0, 0.05) is 22.5 Å². The average molecular weight is 730 g/mol. The molecule has 0 amide bonds. The highest BCUT2D eigenvalue weighted by Crippen LogP contribution is 2.58. The number of nitrogens with zero attached hydrogens (tertiary/aromatic N) is 1. The lowest BCUT2D eigenvalue weighted by atomic mass is 9.65. The van der Waals surface area contributed by atoms with Gasteiger partial charge in [0.1, 0.15) is 0 Å². The van der Waals surface area contributed by atoms with Gasteiger partial charge in [-0.3, -0.25) is 0 Å². The Kier molecular flexibility index (Phi) is 6.92. The first-order valence-corrected chi connectivity index (χ1v) is 20.7. The fourth-order valence-electron chi connectivity index (χ4n) is 10.8. The molecule has 1 nitrogen and oxygen atoms in total. The minimum Gasteiger partial charge on any atom is -0.310 e. The van der Waals surface area contributed by atoms with Crippen LogP contribution in [0.5, 0.6) is 0 Å². The molecule has 8 aromatic carbocycles. The molecule has 0 unspecified atom stereocenters. The van der Waals surface area contributed by atoms with Crippen molar-refractivity contribution < 1.29 is 0 Å². The summed E-state index contributed by atoms with van der Waals surface area (Å²) in [5.74, 6) is 0. The van der Waals surface area contributed by atoms with Crippen LogP contribution in [0.2, 0.25) is 0 Å². The van der Waals surface area contributed by atoms with Crippen molar-refractivity contribution in [3.8, 4) is 33.4 Å². The van der Waals surface area contributed by atoms with Crippen LogP contribution in [0.3, 0.4) is 0 Å². The summed E-state index contributed by atoms with van der Waals surface area (Å²) in [6, 6.07) is 67.2. The van der Waals surface area contributed by atoms with Gasteiger partial charge in [0.25, 0.3) is 0 Å². The van der Waals surface area contributed by atoms with Crippen molar-refractivity contribution in [1.29, 1.82) is 0 Å². The molecule has 0 radical (unpaired) electrons. The third kappa shape index (κ3) is 4.63. The Labute approximate surface area is 335 Å². The summed E-state index contributed by atoms with van der Waals surface area (Å²) in [4.78, 5) is 2.48. The number of aryl methyl sites for hydroxylation is 4. The molecule has 1 heteroatoms. The van der Waals surface area contributed by atoms with Gasteiger partial charge < -0.3 is 4.90 Å². The van der Waals surface area contributed by atoms with Gasteiger partial charge in [-0.05, 0) is 151 Å². The smallest absolute Gasteiger partial charge is 0.0713 e. The molecule has 0 saturated carbocycles. The molecule has 0 bridgehead atoms. The van der Waals surface area contributed by atoms with Gasteiger partial charge in [-0.1, -0.05) is 153 Å². The Morgan fingerprint density at radius 1 is 0.351 bits per heavy atom. The van der Waals surface area contributed by atoms with Crippen LogP contribution < -0.4 is 4.90 Å². The maximum absolute atomic E-state index is 2.53. The molecular formula is C56H43N. The van der Waals surface area contributed by atoms with Crippen LogP contribution in [0.15, 0.2) is 176 Å². The van der Waals surface area contributed by atoms with Crippen molar-refractivity contribution >= 4 is 17.1 Å². The van der Waals surface area contributed by atoms with Gasteiger partial charge in [-0.25, -0.2) is 0 Å². The average Bonchev–Trinajstić information content (AvgIpc) is 3.65. The molecule has 0 atom stereocenters. The summed E-state index contributed by atoms with van der Waals surface area (Å²) in [6.45, 7) is 4.75. The first-order chi connectivity index (χ1) is 28.0. The molecular weight excluding hydrogens is 687 g/mol. The highest BCUT2D eigenvalue weighted by atomic mass is 15.1. The molecule has 12 rings (SSSR count). The van der Waals surface area contributed by atoms with Crippen molar-refractivity contribution in [3.63, 3.8) is 0 Å². The van der Waals surface area contributed by atoms with Gasteiger partial charge in [0.15, 0.2) is 0 Å². The third-order valence-corrected chi connectivity index (χ3v) is 14.0. The Morgan fingerprint density at radius 2 is 0.860 bits per heavy atom.